The lowest BCUT2D eigenvalue weighted by molar-refractivity contribution is 0.491. The first-order chi connectivity index (χ1) is 10.6. The van der Waals surface area contributed by atoms with E-state index >= 15 is 0 Å². The van der Waals surface area contributed by atoms with Gasteiger partial charge in [0.2, 0.25) is 5.95 Å². The largest absolute Gasteiger partial charge is 0.382 e. The van der Waals surface area contributed by atoms with Crippen LogP contribution in [-0.2, 0) is 0 Å². The summed E-state index contributed by atoms with van der Waals surface area (Å²) in [7, 11) is 0. The van der Waals surface area contributed by atoms with Crippen LogP contribution in [0.25, 0.3) is 0 Å². The fraction of sp³-hybridized carbons (Fsp3) is 0.625. The monoisotopic (exact) mass is 321 g/mol. The molecule has 122 valence electrons. The van der Waals surface area contributed by atoms with Gasteiger partial charge in [0.1, 0.15) is 5.69 Å². The van der Waals surface area contributed by atoms with Crippen molar-refractivity contribution in [1.82, 2.24) is 9.97 Å². The van der Waals surface area contributed by atoms with Crippen LogP contribution in [0.15, 0.2) is 17.3 Å². The molecular weight excluding hydrogens is 294 g/mol. The number of aliphatic imine (C=N–C) groups is 1. The first-order valence-corrected chi connectivity index (χ1v) is 8.44. The van der Waals surface area contributed by atoms with E-state index in [2.05, 4.69) is 40.6 Å². The second-order valence-electron chi connectivity index (χ2n) is 5.50. The van der Waals surface area contributed by atoms with Crippen LogP contribution in [0, 0.1) is 5.92 Å². The highest BCUT2D eigenvalue weighted by Gasteiger charge is 2.11. The number of nitrogens with zero attached hydrogens (tertiary/aromatic N) is 4. The maximum atomic E-state index is 5.85. The Morgan fingerprint density at radius 2 is 2.23 bits per heavy atom. The number of thiocarbonyl (C=S) groups is 1. The van der Waals surface area contributed by atoms with Gasteiger partial charge in [0.15, 0.2) is 5.84 Å². The van der Waals surface area contributed by atoms with Crippen LogP contribution in [0.1, 0.15) is 52.1 Å². The predicted octanol–water partition coefficient (Wildman–Crippen LogP) is 3.18. The van der Waals surface area contributed by atoms with E-state index in [1.807, 2.05) is 0 Å². The molecule has 1 heterocycles. The van der Waals surface area contributed by atoms with E-state index in [0.717, 1.165) is 31.8 Å². The minimum atomic E-state index is 0.328. The number of hydrogen-bond acceptors (Lipinski definition) is 4. The molecule has 0 aliphatic carbocycles. The lowest BCUT2D eigenvalue weighted by atomic mass is 10.0. The standard InChI is InChI=1S/C16H27N5S/c1-4-10-21(11-6-7-13(3)5-2)16-18-9-8-14(20-16)15(17)19-12-22/h8-9,12-13H,4-7,10-11H2,1-3H3,(H2,17,19,22). The molecule has 1 aromatic heterocycles. The number of aromatic nitrogens is 2. The Morgan fingerprint density at radius 3 is 2.86 bits per heavy atom. The predicted molar refractivity (Wildman–Crippen MR) is 97.6 cm³/mol. The summed E-state index contributed by atoms with van der Waals surface area (Å²) in [4.78, 5) is 15.0. The molecule has 0 aromatic carbocycles. The zero-order valence-electron chi connectivity index (χ0n) is 13.8. The third kappa shape index (κ3) is 6.05. The molecule has 2 N–H and O–H groups in total. The van der Waals surface area contributed by atoms with E-state index in [1.165, 1.54) is 18.3 Å². The van der Waals surface area contributed by atoms with E-state index in [4.69, 9.17) is 18.0 Å². The maximum absolute atomic E-state index is 5.85. The van der Waals surface area contributed by atoms with Gasteiger partial charge in [-0.1, -0.05) is 39.4 Å². The van der Waals surface area contributed by atoms with E-state index in [9.17, 15) is 0 Å². The Balaban J connectivity index is 2.80. The van der Waals surface area contributed by atoms with Crippen molar-refractivity contribution in [2.24, 2.45) is 16.6 Å². The van der Waals surface area contributed by atoms with Gasteiger partial charge in [-0.15, -0.1) is 0 Å². The Kier molecular flexibility index (Phi) is 8.58. The quantitative estimate of drug-likeness (QED) is 0.407. The minimum Gasteiger partial charge on any atom is -0.382 e. The normalized spacial score (nSPS) is 13.0. The molecule has 0 spiro atoms. The maximum Gasteiger partial charge on any atom is 0.225 e. The second kappa shape index (κ2) is 10.2. The fourth-order valence-electron chi connectivity index (χ4n) is 2.18. The van der Waals surface area contributed by atoms with Crippen LogP contribution in [0.2, 0.25) is 0 Å². The molecule has 1 atom stereocenters. The van der Waals surface area contributed by atoms with E-state index in [0.29, 0.717) is 17.5 Å². The van der Waals surface area contributed by atoms with Crippen molar-refractivity contribution in [2.45, 2.75) is 46.5 Å². The number of anilines is 1. The summed E-state index contributed by atoms with van der Waals surface area (Å²) in [6.07, 6.45) is 6.38. The van der Waals surface area contributed by atoms with Crippen molar-refractivity contribution in [3.63, 3.8) is 0 Å². The van der Waals surface area contributed by atoms with Crippen molar-refractivity contribution in [3.05, 3.63) is 18.0 Å². The van der Waals surface area contributed by atoms with E-state index in [1.54, 1.807) is 12.3 Å². The summed E-state index contributed by atoms with van der Waals surface area (Å²) in [6, 6.07) is 1.75. The molecule has 22 heavy (non-hydrogen) atoms. The molecule has 0 aliphatic rings. The molecule has 5 nitrogen and oxygen atoms in total. The lowest BCUT2D eigenvalue weighted by Gasteiger charge is -2.23. The summed E-state index contributed by atoms with van der Waals surface area (Å²) in [5, 5.41) is 0. The van der Waals surface area contributed by atoms with Crippen LogP contribution in [0.3, 0.4) is 0 Å². The van der Waals surface area contributed by atoms with Crippen LogP contribution in [0.4, 0.5) is 5.95 Å². The van der Waals surface area contributed by atoms with Gasteiger partial charge in [-0.3, -0.25) is 0 Å². The van der Waals surface area contributed by atoms with E-state index in [-0.39, 0.29) is 0 Å². The number of amidine groups is 1. The average molecular weight is 321 g/mol. The Morgan fingerprint density at radius 1 is 1.45 bits per heavy atom. The molecule has 1 rings (SSSR count). The highest BCUT2D eigenvalue weighted by molar-refractivity contribution is 7.78. The van der Waals surface area contributed by atoms with Crippen LogP contribution in [0.5, 0.6) is 0 Å². The molecule has 0 saturated heterocycles. The van der Waals surface area contributed by atoms with Crippen LogP contribution < -0.4 is 10.6 Å². The Labute approximate surface area is 139 Å². The summed E-state index contributed by atoms with van der Waals surface area (Å²) in [6.45, 7) is 8.59. The molecule has 0 fully saturated rings. The summed E-state index contributed by atoms with van der Waals surface area (Å²) in [5.74, 6) is 1.81. The topological polar surface area (TPSA) is 67.4 Å². The van der Waals surface area contributed by atoms with Gasteiger partial charge in [0.05, 0.1) is 5.49 Å². The minimum absolute atomic E-state index is 0.328. The number of nitrogens with two attached hydrogens (primary N) is 1. The van der Waals surface area contributed by atoms with Gasteiger partial charge in [-0.25, -0.2) is 15.0 Å². The molecule has 6 heteroatoms. The molecule has 0 radical (unpaired) electrons. The van der Waals surface area contributed by atoms with Crippen LogP contribution in [-0.4, -0.2) is 34.4 Å². The zero-order valence-corrected chi connectivity index (χ0v) is 14.6. The number of rotatable bonds is 10. The fourth-order valence-corrected chi connectivity index (χ4v) is 2.30. The van der Waals surface area contributed by atoms with Crippen molar-refractivity contribution in [3.8, 4) is 0 Å². The molecule has 0 saturated carbocycles. The molecule has 0 amide bonds. The van der Waals surface area contributed by atoms with Gasteiger partial charge in [-0.2, -0.15) is 0 Å². The molecule has 0 aliphatic heterocycles. The molecule has 1 aromatic rings. The second-order valence-corrected chi connectivity index (χ2v) is 5.72. The Hall–Kier alpha value is -1.56. The first kappa shape index (κ1) is 18.5. The molecule has 1 unspecified atom stereocenters. The van der Waals surface area contributed by atoms with Gasteiger partial charge in [0, 0.05) is 19.3 Å². The smallest absolute Gasteiger partial charge is 0.225 e. The van der Waals surface area contributed by atoms with Crippen molar-refractivity contribution in [1.29, 1.82) is 0 Å². The first-order valence-electron chi connectivity index (χ1n) is 7.97. The molecular formula is C16H27N5S. The lowest BCUT2D eigenvalue weighted by Crippen LogP contribution is -2.28. The van der Waals surface area contributed by atoms with Gasteiger partial charge < -0.3 is 10.6 Å². The van der Waals surface area contributed by atoms with Gasteiger partial charge in [-0.05, 0) is 31.2 Å². The third-order valence-corrected chi connectivity index (χ3v) is 3.80. The zero-order chi connectivity index (χ0) is 16.4. The average Bonchev–Trinajstić information content (AvgIpc) is 2.54. The van der Waals surface area contributed by atoms with Gasteiger partial charge in [0.25, 0.3) is 0 Å². The highest BCUT2D eigenvalue weighted by Crippen LogP contribution is 2.13. The molecule has 0 bridgehead atoms. The summed E-state index contributed by atoms with van der Waals surface area (Å²) < 4.78 is 0. The Bertz CT molecular complexity index is 489. The SMILES string of the molecule is CCCN(CCCC(C)CC)c1nccc(C(N)=NC=S)n1. The number of hydrogen-bond donors (Lipinski definition) is 1. The summed E-state index contributed by atoms with van der Waals surface area (Å²) >= 11 is 4.70. The highest BCUT2D eigenvalue weighted by atomic mass is 32.1. The van der Waals surface area contributed by atoms with Crippen molar-refractivity contribution in [2.75, 3.05) is 18.0 Å². The van der Waals surface area contributed by atoms with E-state index < -0.39 is 0 Å². The van der Waals surface area contributed by atoms with Crippen molar-refractivity contribution >= 4 is 29.5 Å². The van der Waals surface area contributed by atoms with Crippen molar-refractivity contribution < 1.29 is 0 Å². The van der Waals surface area contributed by atoms with Crippen LogP contribution >= 0.6 is 12.2 Å². The van der Waals surface area contributed by atoms with Gasteiger partial charge >= 0.3 is 0 Å². The summed E-state index contributed by atoms with van der Waals surface area (Å²) in [5.41, 5.74) is 7.73. The third-order valence-electron chi connectivity index (χ3n) is 3.70.